The Morgan fingerprint density at radius 3 is 2.82 bits per heavy atom. The summed E-state index contributed by atoms with van der Waals surface area (Å²) in [7, 11) is 0. The van der Waals surface area contributed by atoms with Crippen molar-refractivity contribution in [1.29, 1.82) is 0 Å². The maximum absolute atomic E-state index is 12.8. The topological polar surface area (TPSA) is 91.8 Å². The minimum Gasteiger partial charge on any atom is -0.410 e. The fourth-order valence-corrected chi connectivity index (χ4v) is 4.15. The van der Waals surface area contributed by atoms with Crippen LogP contribution in [0.25, 0.3) is 10.2 Å². The third-order valence-corrected chi connectivity index (χ3v) is 5.47. The summed E-state index contributed by atoms with van der Waals surface area (Å²) in [6, 6.07) is 13.7. The van der Waals surface area contributed by atoms with Crippen molar-refractivity contribution < 1.29 is 19.4 Å². The van der Waals surface area contributed by atoms with Crippen molar-refractivity contribution in [2.45, 2.75) is 25.5 Å². The number of benzene rings is 2. The Bertz CT molecular complexity index is 1020. The van der Waals surface area contributed by atoms with Crippen molar-refractivity contribution >= 4 is 38.7 Å². The lowest BCUT2D eigenvalue weighted by Crippen LogP contribution is -2.44. The van der Waals surface area contributed by atoms with E-state index in [1.807, 2.05) is 31.2 Å². The number of nitrogens with zero attached hydrogens (tertiary/aromatic N) is 2. The van der Waals surface area contributed by atoms with Gasteiger partial charge in [-0.2, -0.15) is 0 Å². The van der Waals surface area contributed by atoms with Crippen LogP contribution in [0.5, 0.6) is 5.75 Å². The maximum Gasteiger partial charge on any atom is 0.416 e. The highest BCUT2D eigenvalue weighted by atomic mass is 32.1. The number of aliphatic hydroxyl groups excluding tert-OH is 1. The van der Waals surface area contributed by atoms with E-state index in [1.165, 1.54) is 16.2 Å². The molecular weight excluding hydrogens is 378 g/mol. The summed E-state index contributed by atoms with van der Waals surface area (Å²) in [5.41, 5.74) is 1.92. The number of likely N-dealkylation sites (tertiary alicyclic amines) is 1. The van der Waals surface area contributed by atoms with Crippen LogP contribution >= 0.6 is 11.3 Å². The van der Waals surface area contributed by atoms with E-state index in [2.05, 4.69) is 10.3 Å². The van der Waals surface area contributed by atoms with Gasteiger partial charge in [0, 0.05) is 6.42 Å². The molecule has 1 saturated heterocycles. The molecule has 2 atom stereocenters. The zero-order valence-electron chi connectivity index (χ0n) is 15.2. The van der Waals surface area contributed by atoms with Crippen molar-refractivity contribution in [2.24, 2.45) is 0 Å². The predicted molar refractivity (Wildman–Crippen MR) is 107 cm³/mol. The number of aryl methyl sites for hydroxylation is 1. The quantitative estimate of drug-likeness (QED) is 0.708. The number of hydrogen-bond donors (Lipinski definition) is 2. The molecule has 1 aliphatic heterocycles. The molecule has 0 aliphatic carbocycles. The normalized spacial score (nSPS) is 19.0. The van der Waals surface area contributed by atoms with Gasteiger partial charge < -0.3 is 15.2 Å². The minimum absolute atomic E-state index is 0.0444. The molecule has 0 spiro atoms. The monoisotopic (exact) mass is 397 g/mol. The fraction of sp³-hybridized carbons (Fsp3) is 0.250. The van der Waals surface area contributed by atoms with Crippen LogP contribution in [0.3, 0.4) is 0 Å². The highest BCUT2D eigenvalue weighted by Gasteiger charge is 2.40. The predicted octanol–water partition coefficient (Wildman–Crippen LogP) is 3.18. The van der Waals surface area contributed by atoms with Crippen molar-refractivity contribution in [3.63, 3.8) is 0 Å². The molecule has 3 aromatic rings. The number of aliphatic hydroxyl groups is 1. The standard InChI is InChI=1S/C20H19N3O4S/c1-12-7-8-15-17(9-12)28-19(21-15)22-18(25)16-10-13(24)11-23(16)20(26)27-14-5-3-2-4-6-14/h2-9,13,16,24H,10-11H2,1H3,(H,21,22,25). The highest BCUT2D eigenvalue weighted by molar-refractivity contribution is 7.22. The molecular formula is C20H19N3O4S. The van der Waals surface area contributed by atoms with Crippen LogP contribution in [0.15, 0.2) is 48.5 Å². The number of anilines is 1. The lowest BCUT2D eigenvalue weighted by Gasteiger charge is -2.22. The molecule has 1 aliphatic rings. The summed E-state index contributed by atoms with van der Waals surface area (Å²) in [4.78, 5) is 30.9. The van der Waals surface area contributed by atoms with E-state index in [1.54, 1.807) is 24.3 Å². The van der Waals surface area contributed by atoms with Gasteiger partial charge in [0.25, 0.3) is 0 Å². The number of ether oxygens (including phenoxy) is 1. The summed E-state index contributed by atoms with van der Waals surface area (Å²) in [6.45, 7) is 2.04. The molecule has 1 fully saturated rings. The Morgan fingerprint density at radius 1 is 1.25 bits per heavy atom. The summed E-state index contributed by atoms with van der Waals surface area (Å²) in [5.74, 6) is -0.00747. The van der Waals surface area contributed by atoms with Crippen molar-refractivity contribution in [3.05, 3.63) is 54.1 Å². The largest absolute Gasteiger partial charge is 0.416 e. The zero-order chi connectivity index (χ0) is 19.7. The van der Waals surface area contributed by atoms with E-state index in [-0.39, 0.29) is 13.0 Å². The molecule has 4 rings (SSSR count). The molecule has 2 unspecified atom stereocenters. The van der Waals surface area contributed by atoms with Gasteiger partial charge in [0.05, 0.1) is 22.9 Å². The average molecular weight is 397 g/mol. The third-order valence-electron chi connectivity index (χ3n) is 4.54. The molecule has 2 heterocycles. The van der Waals surface area contributed by atoms with Crippen LogP contribution < -0.4 is 10.1 Å². The third kappa shape index (κ3) is 3.83. The smallest absolute Gasteiger partial charge is 0.410 e. The Hall–Kier alpha value is -2.97. The first-order chi connectivity index (χ1) is 13.5. The highest BCUT2D eigenvalue weighted by Crippen LogP contribution is 2.28. The van der Waals surface area contributed by atoms with Gasteiger partial charge in [0.2, 0.25) is 5.91 Å². The molecule has 7 nitrogen and oxygen atoms in total. The summed E-state index contributed by atoms with van der Waals surface area (Å²) in [5, 5.41) is 13.2. The molecule has 2 aromatic carbocycles. The summed E-state index contributed by atoms with van der Waals surface area (Å²) < 4.78 is 6.30. The average Bonchev–Trinajstić information content (AvgIpc) is 3.25. The van der Waals surface area contributed by atoms with Gasteiger partial charge in [-0.15, -0.1) is 0 Å². The number of thiazole rings is 1. The Morgan fingerprint density at radius 2 is 2.04 bits per heavy atom. The second-order valence-corrected chi connectivity index (χ2v) is 7.75. The second kappa shape index (κ2) is 7.57. The van der Waals surface area contributed by atoms with E-state index in [0.717, 1.165) is 15.8 Å². The zero-order valence-corrected chi connectivity index (χ0v) is 16.0. The van der Waals surface area contributed by atoms with E-state index in [9.17, 15) is 14.7 Å². The Labute approximate surface area is 165 Å². The van der Waals surface area contributed by atoms with E-state index in [0.29, 0.717) is 10.9 Å². The molecule has 0 radical (unpaired) electrons. The molecule has 2 N–H and O–H groups in total. The van der Waals surface area contributed by atoms with Crippen LogP contribution in [0.2, 0.25) is 0 Å². The lowest BCUT2D eigenvalue weighted by atomic mass is 10.2. The van der Waals surface area contributed by atoms with Crippen LogP contribution in [0.1, 0.15) is 12.0 Å². The van der Waals surface area contributed by atoms with Crippen LogP contribution in [0, 0.1) is 6.92 Å². The number of hydrogen-bond acceptors (Lipinski definition) is 6. The number of aromatic nitrogens is 1. The summed E-state index contributed by atoms with van der Waals surface area (Å²) >= 11 is 1.37. The minimum atomic E-state index is -0.819. The number of para-hydroxylation sites is 1. The number of carbonyl (C=O) groups is 2. The molecule has 2 amide bonds. The molecule has 144 valence electrons. The fourth-order valence-electron chi connectivity index (χ4n) is 3.19. The number of fused-ring (bicyclic) bond motifs is 1. The first kappa shape index (κ1) is 18.4. The van der Waals surface area contributed by atoms with E-state index < -0.39 is 24.1 Å². The van der Waals surface area contributed by atoms with Crippen LogP contribution in [0.4, 0.5) is 9.93 Å². The molecule has 1 aromatic heterocycles. The number of nitrogens with one attached hydrogen (secondary N) is 1. The SMILES string of the molecule is Cc1ccc2nc(NC(=O)C3CC(O)CN3C(=O)Oc3ccccc3)sc2c1. The second-order valence-electron chi connectivity index (χ2n) is 6.72. The maximum atomic E-state index is 12.8. The summed E-state index contributed by atoms with van der Waals surface area (Å²) in [6.07, 6.45) is -1.29. The van der Waals surface area contributed by atoms with Gasteiger partial charge in [-0.1, -0.05) is 35.6 Å². The van der Waals surface area contributed by atoms with Gasteiger partial charge in [-0.05, 0) is 36.8 Å². The number of amides is 2. The number of β-amino-alcohol motifs (C(OH)–C–C–N with tert-alkyl or cyclic N) is 1. The Balaban J connectivity index is 1.48. The molecule has 28 heavy (non-hydrogen) atoms. The van der Waals surface area contributed by atoms with Gasteiger partial charge >= 0.3 is 6.09 Å². The van der Waals surface area contributed by atoms with Crippen molar-refractivity contribution in [2.75, 3.05) is 11.9 Å². The van der Waals surface area contributed by atoms with Gasteiger partial charge in [0.1, 0.15) is 11.8 Å². The van der Waals surface area contributed by atoms with E-state index >= 15 is 0 Å². The van der Waals surface area contributed by atoms with Crippen molar-refractivity contribution in [3.8, 4) is 5.75 Å². The first-order valence-corrected chi connectivity index (χ1v) is 9.71. The van der Waals surface area contributed by atoms with Gasteiger partial charge in [-0.25, -0.2) is 9.78 Å². The molecule has 0 bridgehead atoms. The van der Waals surface area contributed by atoms with Gasteiger partial charge in [-0.3, -0.25) is 9.69 Å². The number of carbonyl (C=O) groups excluding carboxylic acids is 2. The lowest BCUT2D eigenvalue weighted by molar-refractivity contribution is -0.119. The Kier molecular flexibility index (Phi) is 4.97. The number of rotatable bonds is 3. The first-order valence-electron chi connectivity index (χ1n) is 8.89. The van der Waals surface area contributed by atoms with Crippen LogP contribution in [-0.2, 0) is 4.79 Å². The van der Waals surface area contributed by atoms with Gasteiger partial charge in [0.15, 0.2) is 5.13 Å². The van der Waals surface area contributed by atoms with Crippen molar-refractivity contribution in [1.82, 2.24) is 9.88 Å². The van der Waals surface area contributed by atoms with E-state index in [4.69, 9.17) is 4.74 Å². The van der Waals surface area contributed by atoms with Crippen LogP contribution in [-0.4, -0.2) is 45.7 Å². The molecule has 0 saturated carbocycles. The molecule has 8 heteroatoms.